The van der Waals surface area contributed by atoms with Crippen LogP contribution in [0.4, 0.5) is 0 Å². The minimum absolute atomic E-state index is 0.404. The molecule has 1 aliphatic heterocycles. The first-order chi connectivity index (χ1) is 9.19. The van der Waals surface area contributed by atoms with Crippen molar-refractivity contribution in [1.82, 2.24) is 15.2 Å². The highest BCUT2D eigenvalue weighted by Crippen LogP contribution is 2.31. The second kappa shape index (κ2) is 4.87. The normalized spacial score (nSPS) is 20.9. The molecule has 2 heterocycles. The topological polar surface area (TPSA) is 40.3 Å². The maximum atomic E-state index is 5.29. The van der Waals surface area contributed by atoms with E-state index in [-0.39, 0.29) is 0 Å². The highest BCUT2D eigenvalue weighted by atomic mass is 16.5. The van der Waals surface area contributed by atoms with Gasteiger partial charge in [0.25, 0.3) is 0 Å². The van der Waals surface area contributed by atoms with Gasteiger partial charge in [-0.3, -0.25) is 0 Å². The van der Waals surface area contributed by atoms with Crippen LogP contribution in [0, 0.1) is 6.92 Å². The van der Waals surface area contributed by atoms with Gasteiger partial charge in [-0.2, -0.15) is 0 Å². The minimum Gasteiger partial charge on any atom is -0.497 e. The van der Waals surface area contributed by atoms with Crippen molar-refractivity contribution in [2.45, 2.75) is 13.0 Å². The fraction of sp³-hybridized carbons (Fsp3) is 0.467. The molecule has 4 heteroatoms. The molecule has 0 saturated carbocycles. The summed E-state index contributed by atoms with van der Waals surface area (Å²) in [6.07, 6.45) is 0. The smallest absolute Gasteiger partial charge is 0.120 e. The second-order valence-electron chi connectivity index (χ2n) is 5.34. The average molecular weight is 259 g/mol. The monoisotopic (exact) mass is 259 g/mol. The first-order valence-electron chi connectivity index (χ1n) is 6.77. The molecule has 1 aliphatic rings. The summed E-state index contributed by atoms with van der Waals surface area (Å²) in [6.45, 7) is 5.37. The summed E-state index contributed by atoms with van der Waals surface area (Å²) in [4.78, 5) is 5.85. The molecule has 1 unspecified atom stereocenters. The van der Waals surface area contributed by atoms with E-state index in [1.165, 1.54) is 16.6 Å². The molecular weight excluding hydrogens is 238 g/mol. The standard InChI is InChI=1S/C15H21N3O/c1-10-15(14-9-18(2)7-6-16-14)12-5-4-11(19-3)8-13(12)17-10/h4-5,8,14,16-17H,6-7,9H2,1-3H3. The Bertz CT molecular complexity index is 590. The number of piperazine rings is 1. The first-order valence-corrected chi connectivity index (χ1v) is 6.77. The van der Waals surface area contributed by atoms with E-state index in [4.69, 9.17) is 4.74 Å². The number of likely N-dealkylation sites (N-methyl/N-ethyl adjacent to an activating group) is 1. The Morgan fingerprint density at radius 1 is 1.37 bits per heavy atom. The number of aryl methyl sites for hydroxylation is 1. The van der Waals surface area contributed by atoms with Crippen LogP contribution in [-0.2, 0) is 0 Å². The van der Waals surface area contributed by atoms with Crippen molar-refractivity contribution in [3.05, 3.63) is 29.5 Å². The molecule has 0 aliphatic carbocycles. The van der Waals surface area contributed by atoms with E-state index >= 15 is 0 Å². The van der Waals surface area contributed by atoms with Crippen molar-refractivity contribution < 1.29 is 4.74 Å². The summed E-state index contributed by atoms with van der Waals surface area (Å²) in [6, 6.07) is 6.66. The van der Waals surface area contributed by atoms with E-state index in [0.29, 0.717) is 6.04 Å². The summed E-state index contributed by atoms with van der Waals surface area (Å²) >= 11 is 0. The van der Waals surface area contributed by atoms with E-state index < -0.39 is 0 Å². The number of fused-ring (bicyclic) bond motifs is 1. The SMILES string of the molecule is COc1ccc2c(C3CN(C)CCN3)c(C)[nH]c2c1. The third-order valence-corrected chi connectivity index (χ3v) is 3.97. The van der Waals surface area contributed by atoms with E-state index in [2.05, 4.69) is 41.3 Å². The lowest BCUT2D eigenvalue weighted by atomic mass is 10.0. The van der Waals surface area contributed by atoms with Crippen LogP contribution in [0.5, 0.6) is 5.75 Å². The van der Waals surface area contributed by atoms with Gasteiger partial charge >= 0.3 is 0 Å². The first kappa shape index (κ1) is 12.5. The molecule has 1 aromatic carbocycles. The Balaban J connectivity index is 2.05. The summed E-state index contributed by atoms with van der Waals surface area (Å²) in [7, 11) is 3.89. The molecule has 1 fully saturated rings. The lowest BCUT2D eigenvalue weighted by molar-refractivity contribution is 0.241. The number of ether oxygens (including phenoxy) is 1. The Morgan fingerprint density at radius 3 is 2.95 bits per heavy atom. The van der Waals surface area contributed by atoms with Crippen LogP contribution in [0.15, 0.2) is 18.2 Å². The molecule has 3 rings (SSSR count). The molecule has 1 atom stereocenters. The van der Waals surface area contributed by atoms with Crippen molar-refractivity contribution in [1.29, 1.82) is 0 Å². The highest BCUT2D eigenvalue weighted by Gasteiger charge is 2.23. The van der Waals surface area contributed by atoms with Crippen LogP contribution in [-0.4, -0.2) is 43.7 Å². The van der Waals surface area contributed by atoms with Gasteiger partial charge in [0, 0.05) is 48.3 Å². The summed E-state index contributed by atoms with van der Waals surface area (Å²) in [5.41, 5.74) is 3.79. The van der Waals surface area contributed by atoms with Gasteiger partial charge in [0.15, 0.2) is 0 Å². The van der Waals surface area contributed by atoms with E-state index in [9.17, 15) is 0 Å². The number of aromatic nitrogens is 1. The van der Waals surface area contributed by atoms with Crippen LogP contribution in [0.25, 0.3) is 10.9 Å². The third-order valence-electron chi connectivity index (χ3n) is 3.97. The number of methoxy groups -OCH3 is 1. The predicted octanol–water partition coefficient (Wildman–Crippen LogP) is 2.06. The van der Waals surface area contributed by atoms with Crippen molar-refractivity contribution in [3.8, 4) is 5.75 Å². The number of H-pyrrole nitrogens is 1. The van der Waals surface area contributed by atoms with Crippen molar-refractivity contribution in [3.63, 3.8) is 0 Å². The lowest BCUT2D eigenvalue weighted by Gasteiger charge is -2.31. The van der Waals surface area contributed by atoms with Crippen molar-refractivity contribution in [2.24, 2.45) is 0 Å². The Kier molecular flexibility index (Phi) is 3.21. The zero-order chi connectivity index (χ0) is 13.4. The van der Waals surface area contributed by atoms with Gasteiger partial charge < -0.3 is 19.9 Å². The molecule has 0 amide bonds. The summed E-state index contributed by atoms with van der Waals surface area (Å²) in [5, 5.41) is 4.92. The van der Waals surface area contributed by atoms with Crippen LogP contribution in [0.3, 0.4) is 0 Å². The lowest BCUT2D eigenvalue weighted by Crippen LogP contribution is -2.43. The second-order valence-corrected chi connectivity index (χ2v) is 5.34. The zero-order valence-electron chi connectivity index (χ0n) is 11.8. The molecule has 102 valence electrons. The summed E-state index contributed by atoms with van der Waals surface area (Å²) in [5.74, 6) is 0.897. The molecule has 1 aromatic heterocycles. The number of nitrogens with zero attached hydrogens (tertiary/aromatic N) is 1. The van der Waals surface area contributed by atoms with Crippen LogP contribution in [0.2, 0.25) is 0 Å². The molecular formula is C15H21N3O. The fourth-order valence-corrected chi connectivity index (χ4v) is 3.00. The van der Waals surface area contributed by atoms with Crippen LogP contribution < -0.4 is 10.1 Å². The van der Waals surface area contributed by atoms with Crippen molar-refractivity contribution in [2.75, 3.05) is 33.8 Å². The molecule has 2 N–H and O–H groups in total. The van der Waals surface area contributed by atoms with E-state index in [0.717, 1.165) is 30.9 Å². The third kappa shape index (κ3) is 2.22. The molecule has 0 radical (unpaired) electrons. The molecule has 0 bridgehead atoms. The maximum Gasteiger partial charge on any atom is 0.120 e. The van der Waals surface area contributed by atoms with Gasteiger partial charge in [-0.25, -0.2) is 0 Å². The fourth-order valence-electron chi connectivity index (χ4n) is 3.00. The number of benzene rings is 1. The van der Waals surface area contributed by atoms with Crippen molar-refractivity contribution >= 4 is 10.9 Å². The number of rotatable bonds is 2. The number of nitrogens with one attached hydrogen (secondary N) is 2. The minimum atomic E-state index is 0.404. The average Bonchev–Trinajstić information content (AvgIpc) is 2.73. The number of aromatic amines is 1. The predicted molar refractivity (Wildman–Crippen MR) is 77.8 cm³/mol. The van der Waals surface area contributed by atoms with Gasteiger partial charge in [0.1, 0.15) is 5.75 Å². The van der Waals surface area contributed by atoms with Gasteiger partial charge in [-0.15, -0.1) is 0 Å². The molecule has 4 nitrogen and oxygen atoms in total. The Morgan fingerprint density at radius 2 is 2.21 bits per heavy atom. The Labute approximate surface area is 113 Å². The Hall–Kier alpha value is -1.52. The zero-order valence-corrected chi connectivity index (χ0v) is 11.8. The van der Waals surface area contributed by atoms with E-state index in [1.54, 1.807) is 7.11 Å². The number of hydrogen-bond donors (Lipinski definition) is 2. The quantitative estimate of drug-likeness (QED) is 0.867. The molecule has 19 heavy (non-hydrogen) atoms. The van der Waals surface area contributed by atoms with Gasteiger partial charge in [0.2, 0.25) is 0 Å². The van der Waals surface area contributed by atoms with Gasteiger partial charge in [-0.05, 0) is 31.7 Å². The number of hydrogen-bond acceptors (Lipinski definition) is 3. The van der Waals surface area contributed by atoms with Crippen LogP contribution >= 0.6 is 0 Å². The molecule has 0 spiro atoms. The summed E-state index contributed by atoms with van der Waals surface area (Å²) < 4.78 is 5.29. The maximum absolute atomic E-state index is 5.29. The van der Waals surface area contributed by atoms with Gasteiger partial charge in [-0.1, -0.05) is 0 Å². The molecule has 2 aromatic rings. The molecule has 1 saturated heterocycles. The van der Waals surface area contributed by atoms with Gasteiger partial charge in [0.05, 0.1) is 7.11 Å². The van der Waals surface area contributed by atoms with Crippen LogP contribution in [0.1, 0.15) is 17.3 Å². The largest absolute Gasteiger partial charge is 0.497 e. The highest BCUT2D eigenvalue weighted by molar-refractivity contribution is 5.86. The van der Waals surface area contributed by atoms with E-state index in [1.807, 2.05) is 6.07 Å².